The standard InChI is InChI=1S/C23H30N4O2/c1-18-10-8-13-20(22(28)27-16-6-7-17-27)21(18)25-23(29)24-14-9-15-26(2)19-11-4-3-5-12-19/h3-5,8,10-13H,6-7,9,14-17H2,1-2H3,(H2,24,25,29). The van der Waals surface area contributed by atoms with E-state index in [1.165, 1.54) is 0 Å². The van der Waals surface area contributed by atoms with Gasteiger partial charge in [0.15, 0.2) is 0 Å². The SMILES string of the molecule is Cc1cccc(C(=O)N2CCCC2)c1NC(=O)NCCCN(C)c1ccccc1. The minimum atomic E-state index is -0.280. The van der Waals surface area contributed by atoms with Crippen molar-refractivity contribution in [3.05, 3.63) is 59.7 Å². The number of rotatable bonds is 7. The predicted molar refractivity (Wildman–Crippen MR) is 118 cm³/mol. The molecule has 0 saturated carbocycles. The average molecular weight is 395 g/mol. The first-order valence-electron chi connectivity index (χ1n) is 10.3. The number of urea groups is 1. The zero-order chi connectivity index (χ0) is 20.6. The molecule has 154 valence electrons. The maximum atomic E-state index is 12.8. The second-order valence-electron chi connectivity index (χ2n) is 7.49. The highest BCUT2D eigenvalue weighted by atomic mass is 16.2. The molecule has 1 saturated heterocycles. The van der Waals surface area contributed by atoms with Gasteiger partial charge in [-0.1, -0.05) is 30.3 Å². The molecule has 0 bridgehead atoms. The molecule has 0 aromatic heterocycles. The van der Waals surface area contributed by atoms with Gasteiger partial charge in [-0.2, -0.15) is 0 Å². The molecule has 1 aliphatic heterocycles. The third kappa shape index (κ3) is 5.50. The fraction of sp³-hybridized carbons (Fsp3) is 0.391. The van der Waals surface area contributed by atoms with Crippen LogP contribution in [0.5, 0.6) is 0 Å². The maximum Gasteiger partial charge on any atom is 0.319 e. The molecule has 1 heterocycles. The molecule has 0 atom stereocenters. The first-order chi connectivity index (χ1) is 14.1. The van der Waals surface area contributed by atoms with Crippen molar-refractivity contribution in [1.29, 1.82) is 0 Å². The van der Waals surface area contributed by atoms with Crippen LogP contribution in [0, 0.1) is 6.92 Å². The van der Waals surface area contributed by atoms with E-state index in [4.69, 9.17) is 0 Å². The smallest absolute Gasteiger partial charge is 0.319 e. The molecular formula is C23H30N4O2. The monoisotopic (exact) mass is 394 g/mol. The number of anilines is 2. The molecule has 0 radical (unpaired) electrons. The van der Waals surface area contributed by atoms with Gasteiger partial charge in [-0.15, -0.1) is 0 Å². The Balaban J connectivity index is 1.52. The normalized spacial score (nSPS) is 13.2. The van der Waals surface area contributed by atoms with Gasteiger partial charge in [-0.3, -0.25) is 4.79 Å². The van der Waals surface area contributed by atoms with Gasteiger partial charge in [-0.05, 0) is 49.9 Å². The number of nitrogens with zero attached hydrogens (tertiary/aromatic N) is 2. The Bertz CT molecular complexity index is 832. The summed E-state index contributed by atoms with van der Waals surface area (Å²) in [7, 11) is 2.04. The van der Waals surface area contributed by atoms with E-state index in [9.17, 15) is 9.59 Å². The predicted octanol–water partition coefficient (Wildman–Crippen LogP) is 3.88. The number of nitrogens with one attached hydrogen (secondary N) is 2. The Morgan fingerprint density at radius 2 is 1.76 bits per heavy atom. The molecule has 2 aromatic carbocycles. The number of carbonyl (C=O) groups excluding carboxylic acids is 2. The van der Waals surface area contributed by atoms with Gasteiger partial charge >= 0.3 is 6.03 Å². The van der Waals surface area contributed by atoms with Crippen LogP contribution >= 0.6 is 0 Å². The quantitative estimate of drug-likeness (QED) is 0.701. The van der Waals surface area contributed by atoms with Crippen LogP contribution < -0.4 is 15.5 Å². The molecule has 29 heavy (non-hydrogen) atoms. The molecule has 1 fully saturated rings. The lowest BCUT2D eigenvalue weighted by atomic mass is 10.1. The summed E-state index contributed by atoms with van der Waals surface area (Å²) in [6, 6.07) is 15.4. The first-order valence-corrected chi connectivity index (χ1v) is 10.3. The molecule has 3 amide bonds. The van der Waals surface area contributed by atoms with E-state index in [1.54, 1.807) is 6.07 Å². The Hall–Kier alpha value is -3.02. The average Bonchev–Trinajstić information content (AvgIpc) is 3.27. The van der Waals surface area contributed by atoms with E-state index in [2.05, 4.69) is 27.7 Å². The topological polar surface area (TPSA) is 64.7 Å². The van der Waals surface area contributed by atoms with Crippen LogP contribution in [-0.2, 0) is 0 Å². The fourth-order valence-electron chi connectivity index (χ4n) is 3.59. The number of hydrogen-bond donors (Lipinski definition) is 2. The summed E-state index contributed by atoms with van der Waals surface area (Å²) in [6.07, 6.45) is 2.91. The number of benzene rings is 2. The lowest BCUT2D eigenvalue weighted by molar-refractivity contribution is 0.0794. The van der Waals surface area contributed by atoms with E-state index < -0.39 is 0 Å². The lowest BCUT2D eigenvalue weighted by Gasteiger charge is -2.20. The molecular weight excluding hydrogens is 364 g/mol. The van der Waals surface area contributed by atoms with Gasteiger partial charge < -0.3 is 20.4 Å². The second kappa shape index (κ2) is 9.96. The summed E-state index contributed by atoms with van der Waals surface area (Å²) in [4.78, 5) is 29.3. The van der Waals surface area contributed by atoms with E-state index >= 15 is 0 Å². The fourth-order valence-corrected chi connectivity index (χ4v) is 3.59. The molecule has 2 N–H and O–H groups in total. The highest BCUT2D eigenvalue weighted by molar-refractivity contribution is 6.04. The summed E-state index contributed by atoms with van der Waals surface area (Å²) in [5.41, 5.74) is 3.20. The number of para-hydroxylation sites is 2. The van der Waals surface area contributed by atoms with Crippen molar-refractivity contribution in [2.24, 2.45) is 0 Å². The summed E-state index contributed by atoms with van der Waals surface area (Å²) < 4.78 is 0. The lowest BCUT2D eigenvalue weighted by Crippen LogP contribution is -2.33. The summed E-state index contributed by atoms with van der Waals surface area (Å²) in [6.45, 7) is 4.88. The highest BCUT2D eigenvalue weighted by Crippen LogP contribution is 2.24. The van der Waals surface area contributed by atoms with E-state index in [-0.39, 0.29) is 11.9 Å². The maximum absolute atomic E-state index is 12.8. The van der Waals surface area contributed by atoms with Crippen molar-refractivity contribution in [3.63, 3.8) is 0 Å². The molecule has 0 aliphatic carbocycles. The van der Waals surface area contributed by atoms with E-state index in [0.29, 0.717) is 17.8 Å². The van der Waals surface area contributed by atoms with Gasteiger partial charge in [0.05, 0.1) is 11.3 Å². The van der Waals surface area contributed by atoms with Gasteiger partial charge in [0.1, 0.15) is 0 Å². The van der Waals surface area contributed by atoms with Crippen molar-refractivity contribution >= 4 is 23.3 Å². The van der Waals surface area contributed by atoms with Crippen LogP contribution in [-0.4, -0.2) is 50.1 Å². The van der Waals surface area contributed by atoms with E-state index in [0.717, 1.165) is 50.1 Å². The minimum Gasteiger partial charge on any atom is -0.375 e. The Labute approximate surface area is 172 Å². The third-order valence-corrected chi connectivity index (χ3v) is 5.29. The third-order valence-electron chi connectivity index (χ3n) is 5.29. The molecule has 0 unspecified atom stereocenters. The Morgan fingerprint density at radius 3 is 2.48 bits per heavy atom. The summed E-state index contributed by atoms with van der Waals surface area (Å²) in [5.74, 6) is -0.00835. The van der Waals surface area contributed by atoms with Crippen LogP contribution in [0.1, 0.15) is 35.2 Å². The molecule has 1 aliphatic rings. The highest BCUT2D eigenvalue weighted by Gasteiger charge is 2.23. The number of amides is 3. The Morgan fingerprint density at radius 1 is 1.03 bits per heavy atom. The van der Waals surface area contributed by atoms with Crippen LogP contribution in [0.3, 0.4) is 0 Å². The molecule has 0 spiro atoms. The first kappa shape index (κ1) is 20.7. The van der Waals surface area contributed by atoms with Crippen LogP contribution in [0.2, 0.25) is 0 Å². The van der Waals surface area contributed by atoms with Gasteiger partial charge in [0, 0.05) is 38.9 Å². The van der Waals surface area contributed by atoms with Crippen LogP contribution in [0.25, 0.3) is 0 Å². The molecule has 2 aromatic rings. The van der Waals surface area contributed by atoms with Gasteiger partial charge in [0.2, 0.25) is 0 Å². The second-order valence-corrected chi connectivity index (χ2v) is 7.49. The zero-order valence-electron chi connectivity index (χ0n) is 17.3. The van der Waals surface area contributed by atoms with Gasteiger partial charge in [-0.25, -0.2) is 4.79 Å². The zero-order valence-corrected chi connectivity index (χ0v) is 17.3. The number of aryl methyl sites for hydroxylation is 1. The number of hydrogen-bond acceptors (Lipinski definition) is 3. The van der Waals surface area contributed by atoms with Crippen molar-refractivity contribution in [2.75, 3.05) is 43.4 Å². The van der Waals surface area contributed by atoms with Crippen molar-refractivity contribution < 1.29 is 9.59 Å². The summed E-state index contributed by atoms with van der Waals surface area (Å²) in [5, 5.41) is 5.79. The largest absolute Gasteiger partial charge is 0.375 e. The van der Waals surface area contributed by atoms with Gasteiger partial charge in [0.25, 0.3) is 5.91 Å². The molecule has 3 rings (SSSR count). The Kier molecular flexibility index (Phi) is 7.11. The summed E-state index contributed by atoms with van der Waals surface area (Å²) >= 11 is 0. The van der Waals surface area contributed by atoms with Crippen molar-refractivity contribution in [3.8, 4) is 0 Å². The number of carbonyl (C=O) groups is 2. The molecule has 6 heteroatoms. The van der Waals surface area contributed by atoms with E-state index in [1.807, 2.05) is 49.2 Å². The van der Waals surface area contributed by atoms with Crippen molar-refractivity contribution in [2.45, 2.75) is 26.2 Å². The van der Waals surface area contributed by atoms with Crippen LogP contribution in [0.15, 0.2) is 48.5 Å². The van der Waals surface area contributed by atoms with Crippen molar-refractivity contribution in [1.82, 2.24) is 10.2 Å². The minimum absolute atomic E-state index is 0.00835. The van der Waals surface area contributed by atoms with Crippen LogP contribution in [0.4, 0.5) is 16.2 Å². The molecule has 6 nitrogen and oxygen atoms in total. The number of likely N-dealkylation sites (tertiary alicyclic amines) is 1.